The molecule has 8 nitrogen and oxygen atoms in total. The van der Waals surface area contributed by atoms with Crippen LogP contribution in [0.1, 0.15) is 27.7 Å². The number of anilines is 1. The first-order chi connectivity index (χ1) is 12.6. The van der Waals surface area contributed by atoms with Gasteiger partial charge in [-0.2, -0.15) is 0 Å². The molecule has 0 bridgehead atoms. The van der Waals surface area contributed by atoms with Crippen molar-refractivity contribution >= 4 is 22.6 Å². The number of benzene rings is 1. The van der Waals surface area contributed by atoms with E-state index in [-0.39, 0.29) is 23.1 Å². The average Bonchev–Trinajstić information content (AvgIpc) is 2.58. The van der Waals surface area contributed by atoms with E-state index in [1.807, 2.05) is 13.8 Å². The van der Waals surface area contributed by atoms with Crippen LogP contribution in [0.4, 0.5) is 5.69 Å². The van der Waals surface area contributed by atoms with Gasteiger partial charge >= 0.3 is 5.63 Å². The summed E-state index contributed by atoms with van der Waals surface area (Å²) in [5.74, 6) is -0.353. The Morgan fingerprint density at radius 3 is 2.59 bits per heavy atom. The molecule has 1 aliphatic rings. The van der Waals surface area contributed by atoms with E-state index in [2.05, 4.69) is 5.32 Å². The van der Waals surface area contributed by atoms with Crippen LogP contribution in [0.5, 0.6) is 5.75 Å². The lowest BCUT2D eigenvalue weighted by Crippen LogP contribution is -2.59. The molecule has 1 saturated heterocycles. The van der Waals surface area contributed by atoms with Crippen LogP contribution in [-0.2, 0) is 9.53 Å². The zero-order valence-electron chi connectivity index (χ0n) is 15.6. The smallest absolute Gasteiger partial charge is 0.360 e. The maximum atomic E-state index is 12.0. The van der Waals surface area contributed by atoms with Crippen LogP contribution in [0.3, 0.4) is 0 Å². The topological polar surface area (TPSA) is 118 Å². The van der Waals surface area contributed by atoms with Crippen LogP contribution in [0.15, 0.2) is 33.5 Å². The highest BCUT2D eigenvalue weighted by Crippen LogP contribution is 2.35. The Morgan fingerprint density at radius 2 is 1.93 bits per heavy atom. The summed E-state index contributed by atoms with van der Waals surface area (Å²) in [7, 11) is 0. The summed E-state index contributed by atoms with van der Waals surface area (Å²) in [5, 5.41) is 23.5. The predicted molar refractivity (Wildman–Crippen MR) is 97.5 cm³/mol. The fourth-order valence-electron chi connectivity index (χ4n) is 3.01. The number of rotatable bonds is 3. The molecule has 2 heterocycles. The number of amides is 1. The van der Waals surface area contributed by atoms with Crippen LogP contribution in [0.25, 0.3) is 11.0 Å². The average molecular weight is 377 g/mol. The molecule has 1 aromatic carbocycles. The molecule has 1 aromatic heterocycles. The van der Waals surface area contributed by atoms with Gasteiger partial charge in [0.25, 0.3) is 0 Å². The molecule has 0 aliphatic carbocycles. The number of fused-ring (bicyclic) bond motifs is 1. The van der Waals surface area contributed by atoms with E-state index in [1.54, 1.807) is 19.1 Å². The Bertz CT molecular complexity index is 920. The number of nitrogens with one attached hydrogen (secondary N) is 1. The van der Waals surface area contributed by atoms with Crippen molar-refractivity contribution in [3.63, 3.8) is 0 Å². The highest BCUT2D eigenvalue weighted by Gasteiger charge is 2.47. The quantitative estimate of drug-likeness (QED) is 0.696. The Hall–Kier alpha value is -2.42. The molecule has 1 amide bonds. The van der Waals surface area contributed by atoms with Gasteiger partial charge in [-0.3, -0.25) is 4.79 Å². The van der Waals surface area contributed by atoms with E-state index in [0.29, 0.717) is 11.1 Å². The van der Waals surface area contributed by atoms with Crippen molar-refractivity contribution in [2.24, 2.45) is 5.92 Å². The van der Waals surface area contributed by atoms with Gasteiger partial charge in [-0.25, -0.2) is 4.79 Å². The van der Waals surface area contributed by atoms with Gasteiger partial charge < -0.3 is 29.4 Å². The zero-order valence-corrected chi connectivity index (χ0v) is 15.6. The third-order valence-electron chi connectivity index (χ3n) is 4.93. The molecular weight excluding hydrogens is 354 g/mol. The second-order valence-corrected chi connectivity index (χ2v) is 7.31. The SMILES string of the molecule is CC(=O)Nc1cc2ccc(OC3OC(C)(C)[C@H](C)[C@@H](O)[C@@H]3O)cc2oc1=O. The van der Waals surface area contributed by atoms with Gasteiger partial charge in [0.1, 0.15) is 23.1 Å². The molecule has 4 atom stereocenters. The molecule has 146 valence electrons. The van der Waals surface area contributed by atoms with Crippen LogP contribution >= 0.6 is 0 Å². The van der Waals surface area contributed by atoms with Gasteiger partial charge in [-0.1, -0.05) is 6.92 Å². The number of aliphatic hydroxyl groups excluding tert-OH is 2. The van der Waals surface area contributed by atoms with Crippen molar-refractivity contribution in [1.82, 2.24) is 0 Å². The van der Waals surface area contributed by atoms with E-state index >= 15 is 0 Å². The van der Waals surface area contributed by atoms with Gasteiger partial charge in [-0.15, -0.1) is 0 Å². The molecule has 0 radical (unpaired) electrons. The highest BCUT2D eigenvalue weighted by atomic mass is 16.7. The van der Waals surface area contributed by atoms with Crippen molar-refractivity contribution in [2.75, 3.05) is 5.32 Å². The number of carbonyl (C=O) groups excluding carboxylic acids is 1. The standard InChI is InChI=1S/C19H23NO7/c1-9-15(22)16(23)18(27-19(9,3)4)25-12-6-5-11-7-13(20-10(2)21)17(24)26-14(11)8-12/h5-9,15-16,18,22-23H,1-4H3,(H,20,21)/t9-,15-,16+,18?/m1/s1. The van der Waals surface area contributed by atoms with Gasteiger partial charge in [0.15, 0.2) is 0 Å². The fraction of sp³-hybridized carbons (Fsp3) is 0.474. The second-order valence-electron chi connectivity index (χ2n) is 7.31. The lowest BCUT2D eigenvalue weighted by atomic mass is 9.82. The summed E-state index contributed by atoms with van der Waals surface area (Å²) in [6.45, 7) is 6.71. The summed E-state index contributed by atoms with van der Waals surface area (Å²) >= 11 is 0. The van der Waals surface area contributed by atoms with Crippen molar-refractivity contribution < 1.29 is 28.9 Å². The minimum absolute atomic E-state index is 0.0496. The highest BCUT2D eigenvalue weighted by molar-refractivity contribution is 5.91. The summed E-state index contributed by atoms with van der Waals surface area (Å²) < 4.78 is 16.7. The molecule has 0 saturated carbocycles. The molecular formula is C19H23NO7. The Balaban J connectivity index is 1.87. The van der Waals surface area contributed by atoms with Crippen LogP contribution in [0, 0.1) is 5.92 Å². The van der Waals surface area contributed by atoms with Crippen molar-refractivity contribution in [3.05, 3.63) is 34.7 Å². The fourth-order valence-corrected chi connectivity index (χ4v) is 3.01. The number of aliphatic hydroxyl groups is 2. The first-order valence-corrected chi connectivity index (χ1v) is 8.64. The summed E-state index contributed by atoms with van der Waals surface area (Å²) in [6.07, 6.45) is -3.30. The number of hydrogen-bond donors (Lipinski definition) is 3. The lowest BCUT2D eigenvalue weighted by molar-refractivity contribution is -0.284. The van der Waals surface area contributed by atoms with Gasteiger partial charge in [0, 0.05) is 24.3 Å². The minimum atomic E-state index is -1.22. The molecule has 0 spiro atoms. The normalized spacial score (nSPS) is 27.3. The van der Waals surface area contributed by atoms with E-state index < -0.39 is 29.7 Å². The molecule has 1 fully saturated rings. The second kappa shape index (κ2) is 6.95. The maximum Gasteiger partial charge on any atom is 0.360 e. The molecule has 1 aliphatic heterocycles. The van der Waals surface area contributed by atoms with E-state index in [1.165, 1.54) is 19.1 Å². The summed E-state index contributed by atoms with van der Waals surface area (Å²) in [6, 6.07) is 6.26. The van der Waals surface area contributed by atoms with E-state index in [0.717, 1.165) is 0 Å². The third-order valence-corrected chi connectivity index (χ3v) is 4.93. The van der Waals surface area contributed by atoms with Gasteiger partial charge in [-0.05, 0) is 32.0 Å². The number of hydrogen-bond acceptors (Lipinski definition) is 7. The Labute approximate surface area is 155 Å². The largest absolute Gasteiger partial charge is 0.462 e. The Morgan fingerprint density at radius 1 is 1.22 bits per heavy atom. The minimum Gasteiger partial charge on any atom is -0.462 e. The molecule has 2 aromatic rings. The first kappa shape index (κ1) is 19.3. The lowest BCUT2D eigenvalue weighted by Gasteiger charge is -2.46. The number of ether oxygens (including phenoxy) is 2. The molecule has 3 N–H and O–H groups in total. The van der Waals surface area contributed by atoms with Gasteiger partial charge in [0.05, 0.1) is 11.7 Å². The molecule has 1 unspecified atom stereocenters. The van der Waals surface area contributed by atoms with Crippen molar-refractivity contribution in [3.8, 4) is 5.75 Å². The van der Waals surface area contributed by atoms with Gasteiger partial charge in [0.2, 0.25) is 12.2 Å². The Kier molecular flexibility index (Phi) is 4.98. The van der Waals surface area contributed by atoms with E-state index in [9.17, 15) is 19.8 Å². The first-order valence-electron chi connectivity index (χ1n) is 8.64. The molecule has 8 heteroatoms. The summed E-state index contributed by atoms with van der Waals surface area (Å²) in [4.78, 5) is 23.1. The van der Waals surface area contributed by atoms with E-state index in [4.69, 9.17) is 13.9 Å². The van der Waals surface area contributed by atoms with Crippen molar-refractivity contribution in [2.45, 2.75) is 51.8 Å². The predicted octanol–water partition coefficient (Wildman–Crippen LogP) is 1.62. The number of carbonyl (C=O) groups is 1. The monoisotopic (exact) mass is 377 g/mol. The van der Waals surface area contributed by atoms with Crippen molar-refractivity contribution in [1.29, 1.82) is 0 Å². The molecule has 3 rings (SSSR count). The van der Waals surface area contributed by atoms with Crippen LogP contribution in [-0.4, -0.2) is 40.2 Å². The molecule has 27 heavy (non-hydrogen) atoms. The summed E-state index contributed by atoms with van der Waals surface area (Å²) in [5.41, 5.74) is -1.08. The van der Waals surface area contributed by atoms with Crippen LogP contribution < -0.4 is 15.7 Å². The van der Waals surface area contributed by atoms with Crippen LogP contribution in [0.2, 0.25) is 0 Å². The maximum absolute atomic E-state index is 12.0. The zero-order chi connectivity index (χ0) is 19.9. The third kappa shape index (κ3) is 3.83.